The van der Waals surface area contributed by atoms with Crippen LogP contribution in [0.25, 0.3) is 22.4 Å². The van der Waals surface area contributed by atoms with Crippen molar-refractivity contribution < 1.29 is 9.47 Å². The molecule has 34 heavy (non-hydrogen) atoms. The molecule has 0 aliphatic carbocycles. The Bertz CT molecular complexity index is 1470. The van der Waals surface area contributed by atoms with Crippen molar-refractivity contribution in [2.24, 2.45) is 0 Å². The molecule has 0 saturated carbocycles. The number of fused-ring (bicyclic) bond motifs is 2. The van der Waals surface area contributed by atoms with Crippen LogP contribution in [0.3, 0.4) is 0 Å². The van der Waals surface area contributed by atoms with E-state index in [1.807, 2.05) is 54.6 Å². The minimum Gasteiger partial charge on any atom is -0.497 e. The third-order valence-corrected chi connectivity index (χ3v) is 7.16. The molecule has 0 saturated heterocycles. The Morgan fingerprint density at radius 2 is 1.85 bits per heavy atom. The fraction of sp³-hybridized carbons (Fsp3) is 0.179. The Hall–Kier alpha value is -3.77. The SMILES string of the molecule is COc1ccc(CNc2ccc3ccc4c(c(=O)c3c2)C=C(c2ccc(C)s2)CN4)c(OC)c1. The molecular formula is C28H26N2O3S. The molecule has 0 spiro atoms. The minimum absolute atomic E-state index is 0.0265. The van der Waals surface area contributed by atoms with Crippen molar-refractivity contribution in [2.75, 3.05) is 31.4 Å². The van der Waals surface area contributed by atoms with Crippen LogP contribution in [0.15, 0.2) is 65.5 Å². The molecule has 4 aromatic rings. The summed E-state index contributed by atoms with van der Waals surface area (Å²) in [6.45, 7) is 3.37. The van der Waals surface area contributed by atoms with Gasteiger partial charge in [0.1, 0.15) is 11.5 Å². The molecule has 6 heteroatoms. The number of nitrogens with one attached hydrogen (secondary N) is 2. The standard InChI is InChI=1S/C28H26N2O3S/c1-17-4-11-27(34-17)20-12-24-25(30-16-20)10-7-18-5-8-21(13-23(18)28(24)31)29-15-19-6-9-22(32-2)14-26(19)33-3/h4-14,29-30H,15-16H2,1-3H3. The molecule has 172 valence electrons. The highest BCUT2D eigenvalue weighted by atomic mass is 32.1. The van der Waals surface area contributed by atoms with Gasteiger partial charge in [-0.2, -0.15) is 0 Å². The Kier molecular flexibility index (Phi) is 5.99. The van der Waals surface area contributed by atoms with E-state index in [0.717, 1.165) is 39.4 Å². The predicted octanol–water partition coefficient (Wildman–Crippen LogP) is 6.17. The molecule has 1 aliphatic rings. The smallest absolute Gasteiger partial charge is 0.195 e. The summed E-state index contributed by atoms with van der Waals surface area (Å²) in [6.07, 6.45) is 2.04. The number of hydrogen-bond donors (Lipinski definition) is 2. The van der Waals surface area contributed by atoms with Gasteiger partial charge in [0.15, 0.2) is 5.43 Å². The lowest BCUT2D eigenvalue weighted by molar-refractivity contribution is 0.391. The molecule has 2 N–H and O–H groups in total. The van der Waals surface area contributed by atoms with E-state index in [2.05, 4.69) is 29.7 Å². The number of anilines is 2. The Labute approximate surface area is 202 Å². The van der Waals surface area contributed by atoms with Gasteiger partial charge >= 0.3 is 0 Å². The lowest BCUT2D eigenvalue weighted by atomic mass is 10.0. The maximum atomic E-state index is 13.6. The van der Waals surface area contributed by atoms with E-state index in [4.69, 9.17) is 9.47 Å². The van der Waals surface area contributed by atoms with Crippen LogP contribution >= 0.6 is 11.3 Å². The highest BCUT2D eigenvalue weighted by Gasteiger charge is 2.16. The van der Waals surface area contributed by atoms with Crippen molar-refractivity contribution in [1.82, 2.24) is 0 Å². The number of thiophene rings is 1. The zero-order valence-electron chi connectivity index (χ0n) is 19.4. The van der Waals surface area contributed by atoms with Crippen molar-refractivity contribution in [3.8, 4) is 11.5 Å². The van der Waals surface area contributed by atoms with Crippen LogP contribution in [0, 0.1) is 6.92 Å². The molecular weight excluding hydrogens is 444 g/mol. The molecule has 2 heterocycles. The quantitative estimate of drug-likeness (QED) is 0.353. The summed E-state index contributed by atoms with van der Waals surface area (Å²) in [6, 6.07) is 19.9. The average Bonchev–Trinajstić information content (AvgIpc) is 3.26. The van der Waals surface area contributed by atoms with Gasteiger partial charge < -0.3 is 20.1 Å². The third kappa shape index (κ3) is 4.24. The van der Waals surface area contributed by atoms with Crippen molar-refractivity contribution in [3.05, 3.63) is 91.8 Å². The topological polar surface area (TPSA) is 59.6 Å². The van der Waals surface area contributed by atoms with E-state index < -0.39 is 0 Å². The Balaban J connectivity index is 1.50. The van der Waals surface area contributed by atoms with Gasteiger partial charge in [0.25, 0.3) is 0 Å². The normalized spacial score (nSPS) is 12.5. The molecule has 1 aliphatic heterocycles. The molecule has 0 radical (unpaired) electrons. The van der Waals surface area contributed by atoms with E-state index in [1.54, 1.807) is 25.6 Å². The van der Waals surface area contributed by atoms with Gasteiger partial charge in [0.05, 0.1) is 14.2 Å². The molecule has 0 bridgehead atoms. The second-order valence-electron chi connectivity index (χ2n) is 8.26. The van der Waals surface area contributed by atoms with Gasteiger partial charge in [-0.15, -0.1) is 11.3 Å². The molecule has 3 aromatic carbocycles. The third-order valence-electron chi connectivity index (χ3n) is 6.08. The number of benzene rings is 2. The number of aryl methyl sites for hydroxylation is 1. The molecule has 0 unspecified atom stereocenters. The first kappa shape index (κ1) is 22.0. The molecule has 5 rings (SSSR count). The van der Waals surface area contributed by atoms with Crippen molar-refractivity contribution in [3.63, 3.8) is 0 Å². The minimum atomic E-state index is 0.0265. The summed E-state index contributed by atoms with van der Waals surface area (Å²) in [5, 5.41) is 8.47. The van der Waals surface area contributed by atoms with Crippen LogP contribution in [0.1, 0.15) is 20.9 Å². The fourth-order valence-electron chi connectivity index (χ4n) is 4.21. The van der Waals surface area contributed by atoms with E-state index in [-0.39, 0.29) is 5.43 Å². The number of ether oxygens (including phenoxy) is 2. The summed E-state index contributed by atoms with van der Waals surface area (Å²) in [5.74, 6) is 1.50. The second-order valence-corrected chi connectivity index (χ2v) is 9.54. The Morgan fingerprint density at radius 3 is 2.62 bits per heavy atom. The van der Waals surface area contributed by atoms with Gasteiger partial charge in [-0.25, -0.2) is 0 Å². The van der Waals surface area contributed by atoms with Gasteiger partial charge in [-0.3, -0.25) is 4.79 Å². The number of rotatable bonds is 6. The van der Waals surface area contributed by atoms with Crippen LogP contribution in [0.5, 0.6) is 11.5 Å². The Morgan fingerprint density at radius 1 is 1.00 bits per heavy atom. The van der Waals surface area contributed by atoms with E-state index >= 15 is 0 Å². The summed E-state index contributed by atoms with van der Waals surface area (Å²) < 4.78 is 10.8. The number of methoxy groups -OCH3 is 2. The molecule has 0 fully saturated rings. The monoisotopic (exact) mass is 470 g/mol. The summed E-state index contributed by atoms with van der Waals surface area (Å²) >= 11 is 1.75. The summed E-state index contributed by atoms with van der Waals surface area (Å²) in [7, 11) is 3.28. The molecule has 0 atom stereocenters. The van der Waals surface area contributed by atoms with Crippen LogP contribution in [0.2, 0.25) is 0 Å². The second kappa shape index (κ2) is 9.23. The lowest BCUT2D eigenvalue weighted by Crippen LogP contribution is -2.14. The van der Waals surface area contributed by atoms with Crippen LogP contribution in [-0.4, -0.2) is 20.8 Å². The molecule has 0 amide bonds. The van der Waals surface area contributed by atoms with Crippen LogP contribution in [0.4, 0.5) is 11.4 Å². The highest BCUT2D eigenvalue weighted by molar-refractivity contribution is 7.13. The van der Waals surface area contributed by atoms with Crippen LogP contribution < -0.4 is 25.5 Å². The van der Waals surface area contributed by atoms with Gasteiger partial charge in [0, 0.05) is 56.8 Å². The number of hydrogen-bond acceptors (Lipinski definition) is 6. The first-order chi connectivity index (χ1) is 16.6. The highest BCUT2D eigenvalue weighted by Crippen LogP contribution is 2.31. The molecule has 1 aromatic heterocycles. The summed E-state index contributed by atoms with van der Waals surface area (Å²) in [5.41, 5.74) is 4.63. The first-order valence-corrected chi connectivity index (χ1v) is 11.9. The summed E-state index contributed by atoms with van der Waals surface area (Å²) in [4.78, 5) is 16.1. The van der Waals surface area contributed by atoms with Gasteiger partial charge in [-0.1, -0.05) is 12.1 Å². The van der Waals surface area contributed by atoms with E-state index in [1.165, 1.54) is 9.75 Å². The van der Waals surface area contributed by atoms with E-state index in [9.17, 15) is 4.79 Å². The van der Waals surface area contributed by atoms with Gasteiger partial charge in [-0.05, 0) is 66.4 Å². The fourth-order valence-corrected chi connectivity index (χ4v) is 5.09. The van der Waals surface area contributed by atoms with Crippen molar-refractivity contribution in [1.29, 1.82) is 0 Å². The predicted molar refractivity (Wildman–Crippen MR) is 143 cm³/mol. The van der Waals surface area contributed by atoms with Crippen molar-refractivity contribution in [2.45, 2.75) is 13.5 Å². The van der Waals surface area contributed by atoms with Crippen LogP contribution in [-0.2, 0) is 6.54 Å². The van der Waals surface area contributed by atoms with Gasteiger partial charge in [0.2, 0.25) is 0 Å². The first-order valence-electron chi connectivity index (χ1n) is 11.1. The van der Waals surface area contributed by atoms with Crippen molar-refractivity contribution >= 4 is 45.1 Å². The largest absolute Gasteiger partial charge is 0.497 e. The lowest BCUT2D eigenvalue weighted by Gasteiger charge is -2.16. The average molecular weight is 471 g/mol. The van der Waals surface area contributed by atoms with E-state index in [0.29, 0.717) is 24.0 Å². The zero-order valence-corrected chi connectivity index (χ0v) is 20.2. The maximum Gasteiger partial charge on any atom is 0.195 e. The maximum absolute atomic E-state index is 13.6. The zero-order chi connectivity index (χ0) is 23.7. The molecule has 5 nitrogen and oxygen atoms in total.